The number of hydrogen-bond donors (Lipinski definition) is 1. The van der Waals surface area contributed by atoms with Crippen molar-refractivity contribution in [3.05, 3.63) is 23.3 Å². The molecule has 1 aromatic rings. The first kappa shape index (κ1) is 11.4. The van der Waals surface area contributed by atoms with Crippen LogP contribution in [-0.2, 0) is 0 Å². The highest BCUT2D eigenvalue weighted by atomic mass is 32.2. The van der Waals surface area contributed by atoms with Crippen LogP contribution in [0.25, 0.3) is 0 Å². The summed E-state index contributed by atoms with van der Waals surface area (Å²) in [4.78, 5) is 1.07. The molecule has 0 fully saturated rings. The van der Waals surface area contributed by atoms with Crippen molar-refractivity contribution < 1.29 is 9.84 Å². The largest absolute Gasteiger partial charge is 0.496 e. The smallest absolute Gasteiger partial charge is 0.128 e. The van der Waals surface area contributed by atoms with Crippen LogP contribution in [0.3, 0.4) is 0 Å². The number of hydrogen-bond acceptors (Lipinski definition) is 3. The first-order valence-corrected chi connectivity index (χ1v) is 5.73. The zero-order valence-electron chi connectivity index (χ0n) is 9.00. The number of aryl methyl sites for hydroxylation is 1. The molecule has 1 unspecified atom stereocenters. The lowest BCUT2D eigenvalue weighted by atomic mass is 10.1. The van der Waals surface area contributed by atoms with Crippen molar-refractivity contribution in [3.8, 4) is 5.75 Å². The fraction of sp³-hybridized carbons (Fsp3) is 0.455. The van der Waals surface area contributed by atoms with Crippen molar-refractivity contribution in [1.29, 1.82) is 0 Å². The number of thioether (sulfide) groups is 1. The van der Waals surface area contributed by atoms with E-state index in [1.807, 2.05) is 25.3 Å². The molecule has 0 aliphatic carbocycles. The monoisotopic (exact) mass is 212 g/mol. The summed E-state index contributed by atoms with van der Waals surface area (Å²) in [5.41, 5.74) is 1.95. The van der Waals surface area contributed by atoms with Crippen LogP contribution in [0.2, 0.25) is 0 Å². The maximum atomic E-state index is 9.68. The van der Waals surface area contributed by atoms with E-state index in [0.29, 0.717) is 0 Å². The van der Waals surface area contributed by atoms with Crippen molar-refractivity contribution in [2.45, 2.75) is 24.8 Å². The highest BCUT2D eigenvalue weighted by Crippen LogP contribution is 2.36. The van der Waals surface area contributed by atoms with Crippen LogP contribution in [0.15, 0.2) is 17.0 Å². The van der Waals surface area contributed by atoms with Crippen molar-refractivity contribution in [1.82, 2.24) is 0 Å². The van der Waals surface area contributed by atoms with E-state index in [1.54, 1.807) is 25.8 Å². The maximum absolute atomic E-state index is 9.68. The minimum atomic E-state index is -0.493. The molecule has 0 radical (unpaired) electrons. The minimum Gasteiger partial charge on any atom is -0.496 e. The lowest BCUT2D eigenvalue weighted by molar-refractivity contribution is 0.191. The molecule has 0 spiro atoms. The second-order valence-electron chi connectivity index (χ2n) is 3.21. The van der Waals surface area contributed by atoms with Crippen LogP contribution in [0.5, 0.6) is 5.75 Å². The Morgan fingerprint density at radius 1 is 1.43 bits per heavy atom. The van der Waals surface area contributed by atoms with E-state index in [4.69, 9.17) is 4.74 Å². The highest BCUT2D eigenvalue weighted by molar-refractivity contribution is 7.98. The fourth-order valence-corrected chi connectivity index (χ4v) is 2.22. The second-order valence-corrected chi connectivity index (χ2v) is 4.06. The van der Waals surface area contributed by atoms with Crippen LogP contribution in [0, 0.1) is 6.92 Å². The Kier molecular flexibility index (Phi) is 3.84. The molecule has 0 bridgehead atoms. The molecule has 3 heteroatoms. The van der Waals surface area contributed by atoms with Gasteiger partial charge in [0.15, 0.2) is 0 Å². The topological polar surface area (TPSA) is 29.5 Å². The van der Waals surface area contributed by atoms with Gasteiger partial charge in [0.2, 0.25) is 0 Å². The van der Waals surface area contributed by atoms with E-state index in [9.17, 15) is 5.11 Å². The van der Waals surface area contributed by atoms with Gasteiger partial charge in [0.1, 0.15) is 5.75 Å². The van der Waals surface area contributed by atoms with Crippen molar-refractivity contribution in [2.24, 2.45) is 0 Å². The van der Waals surface area contributed by atoms with Crippen LogP contribution in [0.1, 0.15) is 24.2 Å². The average Bonchev–Trinajstić information content (AvgIpc) is 2.17. The van der Waals surface area contributed by atoms with Gasteiger partial charge in [0.25, 0.3) is 0 Å². The van der Waals surface area contributed by atoms with Crippen LogP contribution >= 0.6 is 11.8 Å². The standard InChI is InChI=1S/C11H16O2S/c1-7-5-6-9(14-4)10(8(2)12)11(7)13-3/h5-6,8,12H,1-4H3. The zero-order valence-corrected chi connectivity index (χ0v) is 9.81. The minimum absolute atomic E-state index is 0.493. The normalized spacial score (nSPS) is 12.6. The van der Waals surface area contributed by atoms with Gasteiger partial charge in [-0.2, -0.15) is 0 Å². The molecule has 1 aromatic carbocycles. The number of aliphatic hydroxyl groups is 1. The maximum Gasteiger partial charge on any atom is 0.128 e. The molecule has 1 rings (SSSR count). The molecule has 1 atom stereocenters. The number of ether oxygens (including phenoxy) is 1. The third kappa shape index (κ3) is 2.04. The molecule has 2 nitrogen and oxygen atoms in total. The summed E-state index contributed by atoms with van der Waals surface area (Å²) in [5.74, 6) is 0.798. The predicted octanol–water partition coefficient (Wildman–Crippen LogP) is 2.78. The van der Waals surface area contributed by atoms with Gasteiger partial charge in [0, 0.05) is 10.5 Å². The van der Waals surface area contributed by atoms with Gasteiger partial charge >= 0.3 is 0 Å². The van der Waals surface area contributed by atoms with Gasteiger partial charge in [-0.3, -0.25) is 0 Å². The quantitative estimate of drug-likeness (QED) is 0.781. The number of aliphatic hydroxyl groups excluding tert-OH is 1. The molecule has 0 saturated heterocycles. The second kappa shape index (κ2) is 4.71. The molecule has 1 N–H and O–H groups in total. The third-order valence-corrected chi connectivity index (χ3v) is 2.99. The number of rotatable bonds is 3. The summed E-state index contributed by atoms with van der Waals surface area (Å²) < 4.78 is 5.31. The summed E-state index contributed by atoms with van der Waals surface area (Å²) in [5, 5.41) is 9.68. The van der Waals surface area contributed by atoms with E-state index < -0.39 is 6.10 Å². The van der Waals surface area contributed by atoms with Crippen LogP contribution in [-0.4, -0.2) is 18.5 Å². The summed E-state index contributed by atoms with van der Waals surface area (Å²) >= 11 is 1.62. The summed E-state index contributed by atoms with van der Waals surface area (Å²) in [6.07, 6.45) is 1.50. The van der Waals surface area contributed by atoms with Gasteiger partial charge in [-0.25, -0.2) is 0 Å². The van der Waals surface area contributed by atoms with E-state index in [1.165, 1.54) is 0 Å². The molecule has 0 saturated carbocycles. The number of methoxy groups -OCH3 is 1. The van der Waals surface area contributed by atoms with Gasteiger partial charge < -0.3 is 9.84 Å². The van der Waals surface area contributed by atoms with Crippen LogP contribution < -0.4 is 4.74 Å². The predicted molar refractivity (Wildman–Crippen MR) is 60.1 cm³/mol. The third-order valence-electron chi connectivity index (χ3n) is 2.19. The number of benzene rings is 1. The Labute approximate surface area is 89.3 Å². The lowest BCUT2D eigenvalue weighted by Crippen LogP contribution is -2.00. The van der Waals surface area contributed by atoms with Gasteiger partial charge in [-0.15, -0.1) is 11.8 Å². The van der Waals surface area contributed by atoms with Gasteiger partial charge in [-0.1, -0.05) is 6.07 Å². The van der Waals surface area contributed by atoms with Crippen molar-refractivity contribution >= 4 is 11.8 Å². The molecular weight excluding hydrogens is 196 g/mol. The zero-order chi connectivity index (χ0) is 10.7. The van der Waals surface area contributed by atoms with Crippen molar-refractivity contribution in [2.75, 3.05) is 13.4 Å². The lowest BCUT2D eigenvalue weighted by Gasteiger charge is -2.16. The summed E-state index contributed by atoms with van der Waals surface area (Å²) in [7, 11) is 1.64. The molecule has 14 heavy (non-hydrogen) atoms. The fourth-order valence-electron chi connectivity index (χ4n) is 1.54. The Balaban J connectivity index is 3.36. The average molecular weight is 212 g/mol. The molecule has 0 amide bonds. The molecule has 0 aromatic heterocycles. The van der Waals surface area contributed by atoms with Gasteiger partial charge in [0.05, 0.1) is 13.2 Å². The first-order valence-electron chi connectivity index (χ1n) is 4.51. The molecule has 0 aliphatic rings. The molecule has 0 heterocycles. The van der Waals surface area contributed by atoms with E-state index in [0.717, 1.165) is 21.8 Å². The molecule has 78 valence electrons. The highest BCUT2D eigenvalue weighted by Gasteiger charge is 2.15. The Hall–Kier alpha value is -0.670. The van der Waals surface area contributed by atoms with E-state index in [-0.39, 0.29) is 0 Å². The van der Waals surface area contributed by atoms with Crippen molar-refractivity contribution in [3.63, 3.8) is 0 Å². The Bertz CT molecular complexity index is 321. The molecule has 0 aliphatic heterocycles. The SMILES string of the molecule is COc1c(C)ccc(SC)c1C(C)O. The Morgan fingerprint density at radius 2 is 2.07 bits per heavy atom. The van der Waals surface area contributed by atoms with Gasteiger partial charge in [-0.05, 0) is 31.7 Å². The van der Waals surface area contributed by atoms with E-state index in [2.05, 4.69) is 0 Å². The van der Waals surface area contributed by atoms with E-state index >= 15 is 0 Å². The molecular formula is C11H16O2S. The Morgan fingerprint density at radius 3 is 2.50 bits per heavy atom. The van der Waals surface area contributed by atoms with Crippen LogP contribution in [0.4, 0.5) is 0 Å². The summed E-state index contributed by atoms with van der Waals surface area (Å²) in [6.45, 7) is 3.74. The first-order chi connectivity index (χ1) is 6.61. The summed E-state index contributed by atoms with van der Waals surface area (Å²) in [6, 6.07) is 4.03.